The van der Waals surface area contributed by atoms with Crippen LogP contribution < -0.4 is 16.8 Å². The van der Waals surface area contributed by atoms with E-state index < -0.39 is 5.54 Å². The van der Waals surface area contributed by atoms with Crippen molar-refractivity contribution in [2.24, 2.45) is 11.5 Å². The zero-order chi connectivity index (χ0) is 8.04. The summed E-state index contributed by atoms with van der Waals surface area (Å²) >= 11 is 0. The Morgan fingerprint density at radius 2 is 2.20 bits per heavy atom. The lowest BCUT2D eigenvalue weighted by molar-refractivity contribution is 0.205. The summed E-state index contributed by atoms with van der Waals surface area (Å²) in [4.78, 5) is 0. The van der Waals surface area contributed by atoms with Crippen LogP contribution in [0.2, 0.25) is 0 Å². The van der Waals surface area contributed by atoms with Crippen molar-refractivity contribution in [3.05, 3.63) is 0 Å². The Morgan fingerprint density at radius 3 is 2.60 bits per heavy atom. The minimum absolute atomic E-state index is 0.00935. The van der Waals surface area contributed by atoms with Gasteiger partial charge in [-0.25, -0.2) is 0 Å². The molecule has 0 bridgehead atoms. The van der Waals surface area contributed by atoms with Crippen molar-refractivity contribution in [3.8, 4) is 0 Å². The Balaban J connectivity index is 3.28. The first-order valence-corrected chi connectivity index (χ1v) is 3.43. The van der Waals surface area contributed by atoms with Gasteiger partial charge in [-0.05, 0) is 6.92 Å². The summed E-state index contributed by atoms with van der Waals surface area (Å²) in [5, 5.41) is 11.7. The van der Waals surface area contributed by atoms with Crippen LogP contribution in [-0.4, -0.2) is 36.9 Å². The maximum absolute atomic E-state index is 8.70. The summed E-state index contributed by atoms with van der Waals surface area (Å²) in [5.74, 6) is 0. The number of aliphatic hydroxyl groups is 1. The summed E-state index contributed by atoms with van der Waals surface area (Å²) < 4.78 is 0. The molecule has 4 nitrogen and oxygen atoms in total. The van der Waals surface area contributed by atoms with Crippen LogP contribution in [0.5, 0.6) is 0 Å². The largest absolute Gasteiger partial charge is 0.394 e. The fourth-order valence-electron chi connectivity index (χ4n) is 0.532. The van der Waals surface area contributed by atoms with Gasteiger partial charge in [0.2, 0.25) is 0 Å². The van der Waals surface area contributed by atoms with Gasteiger partial charge in [-0.1, -0.05) is 0 Å². The maximum Gasteiger partial charge on any atom is 0.0620 e. The van der Waals surface area contributed by atoms with E-state index in [1.165, 1.54) is 0 Å². The van der Waals surface area contributed by atoms with Crippen molar-refractivity contribution >= 4 is 0 Å². The molecule has 0 rings (SSSR count). The molecule has 0 saturated carbocycles. The minimum atomic E-state index is -0.519. The molecule has 0 aromatic heterocycles. The van der Waals surface area contributed by atoms with Crippen molar-refractivity contribution in [1.82, 2.24) is 5.32 Å². The van der Waals surface area contributed by atoms with Gasteiger partial charge in [-0.3, -0.25) is 0 Å². The fraction of sp³-hybridized carbons (Fsp3) is 1.00. The molecule has 0 radical (unpaired) electrons. The zero-order valence-corrected chi connectivity index (χ0v) is 6.43. The van der Waals surface area contributed by atoms with Gasteiger partial charge in [0.25, 0.3) is 0 Å². The Hall–Kier alpha value is -0.160. The molecule has 62 valence electrons. The summed E-state index contributed by atoms with van der Waals surface area (Å²) in [6.07, 6.45) is 0. The van der Waals surface area contributed by atoms with Crippen molar-refractivity contribution in [3.63, 3.8) is 0 Å². The van der Waals surface area contributed by atoms with Crippen molar-refractivity contribution in [2.45, 2.75) is 12.5 Å². The first kappa shape index (κ1) is 9.84. The van der Waals surface area contributed by atoms with Gasteiger partial charge < -0.3 is 21.9 Å². The quantitative estimate of drug-likeness (QED) is 0.347. The van der Waals surface area contributed by atoms with E-state index in [0.717, 1.165) is 6.54 Å². The first-order valence-electron chi connectivity index (χ1n) is 3.43. The number of hydrogen-bond donors (Lipinski definition) is 4. The van der Waals surface area contributed by atoms with Crippen LogP contribution >= 0.6 is 0 Å². The van der Waals surface area contributed by atoms with Gasteiger partial charge in [-0.15, -0.1) is 0 Å². The van der Waals surface area contributed by atoms with Crippen LogP contribution in [-0.2, 0) is 0 Å². The third-order valence-electron chi connectivity index (χ3n) is 1.21. The van der Waals surface area contributed by atoms with Gasteiger partial charge in [0.05, 0.1) is 6.61 Å². The van der Waals surface area contributed by atoms with Crippen LogP contribution in [0.4, 0.5) is 0 Å². The van der Waals surface area contributed by atoms with Crippen LogP contribution in [0, 0.1) is 0 Å². The summed E-state index contributed by atoms with van der Waals surface area (Å²) in [5.41, 5.74) is 10.3. The molecular weight excluding hydrogens is 130 g/mol. The van der Waals surface area contributed by atoms with Crippen LogP contribution in [0.1, 0.15) is 6.92 Å². The lowest BCUT2D eigenvalue weighted by atomic mass is 10.1. The van der Waals surface area contributed by atoms with E-state index in [9.17, 15) is 0 Å². The predicted molar refractivity (Wildman–Crippen MR) is 41.6 cm³/mol. The highest BCUT2D eigenvalue weighted by Crippen LogP contribution is 1.92. The van der Waals surface area contributed by atoms with Gasteiger partial charge in [0.15, 0.2) is 0 Å². The topological polar surface area (TPSA) is 84.3 Å². The summed E-state index contributed by atoms with van der Waals surface area (Å²) in [6.45, 7) is 3.72. The number of rotatable bonds is 5. The molecule has 0 aliphatic rings. The molecule has 0 heterocycles. The monoisotopic (exact) mass is 147 g/mol. The third kappa shape index (κ3) is 4.69. The smallest absolute Gasteiger partial charge is 0.0620 e. The Labute approximate surface area is 61.6 Å². The van der Waals surface area contributed by atoms with E-state index in [4.69, 9.17) is 16.6 Å². The van der Waals surface area contributed by atoms with Crippen molar-refractivity contribution in [1.29, 1.82) is 0 Å². The van der Waals surface area contributed by atoms with Crippen molar-refractivity contribution < 1.29 is 5.11 Å². The fourth-order valence-corrected chi connectivity index (χ4v) is 0.532. The van der Waals surface area contributed by atoms with Gasteiger partial charge in [-0.2, -0.15) is 0 Å². The predicted octanol–water partition coefficient (Wildman–Crippen LogP) is -1.76. The molecule has 4 heteroatoms. The van der Waals surface area contributed by atoms with E-state index >= 15 is 0 Å². The molecule has 0 aliphatic heterocycles. The molecule has 0 aromatic rings. The highest BCUT2D eigenvalue weighted by Gasteiger charge is 2.15. The summed E-state index contributed by atoms with van der Waals surface area (Å²) in [6, 6.07) is 0. The average molecular weight is 147 g/mol. The molecular formula is C6H17N3O. The van der Waals surface area contributed by atoms with Gasteiger partial charge in [0.1, 0.15) is 0 Å². The Morgan fingerprint density at radius 1 is 1.60 bits per heavy atom. The van der Waals surface area contributed by atoms with Crippen molar-refractivity contribution in [2.75, 3.05) is 26.2 Å². The number of nitrogens with two attached hydrogens (primary N) is 2. The molecule has 1 atom stereocenters. The van der Waals surface area contributed by atoms with E-state index in [-0.39, 0.29) is 6.61 Å². The first-order chi connectivity index (χ1) is 4.62. The van der Waals surface area contributed by atoms with Crippen LogP contribution in [0.3, 0.4) is 0 Å². The standard InChI is InChI=1S/C6H17N3O/c1-6(8,5-10)4-9-3-2-7/h9-10H,2-5,7-8H2,1H3. The minimum Gasteiger partial charge on any atom is -0.394 e. The highest BCUT2D eigenvalue weighted by atomic mass is 16.3. The van der Waals surface area contributed by atoms with E-state index in [1.807, 2.05) is 0 Å². The van der Waals surface area contributed by atoms with Crippen LogP contribution in [0.15, 0.2) is 0 Å². The molecule has 0 aromatic carbocycles. The Kier molecular flexibility index (Phi) is 4.55. The molecule has 1 unspecified atom stereocenters. The molecule has 0 fully saturated rings. The third-order valence-corrected chi connectivity index (χ3v) is 1.21. The second-order valence-corrected chi connectivity index (χ2v) is 2.78. The lowest BCUT2D eigenvalue weighted by Gasteiger charge is -2.21. The van der Waals surface area contributed by atoms with Gasteiger partial charge >= 0.3 is 0 Å². The molecule has 10 heavy (non-hydrogen) atoms. The molecule has 0 amide bonds. The number of hydrogen-bond acceptors (Lipinski definition) is 4. The second-order valence-electron chi connectivity index (χ2n) is 2.78. The molecule has 6 N–H and O–H groups in total. The maximum atomic E-state index is 8.70. The normalized spacial score (nSPS) is 16.8. The van der Waals surface area contributed by atoms with Crippen LogP contribution in [0.25, 0.3) is 0 Å². The lowest BCUT2D eigenvalue weighted by Crippen LogP contribution is -2.49. The van der Waals surface area contributed by atoms with Gasteiger partial charge in [0, 0.05) is 25.2 Å². The average Bonchev–Trinajstić information content (AvgIpc) is 1.89. The SMILES string of the molecule is CC(N)(CO)CNCCN. The molecule has 0 spiro atoms. The summed E-state index contributed by atoms with van der Waals surface area (Å²) in [7, 11) is 0. The number of aliphatic hydroxyl groups excluding tert-OH is 1. The zero-order valence-electron chi connectivity index (χ0n) is 6.43. The van der Waals surface area contributed by atoms with E-state index in [2.05, 4.69) is 5.32 Å². The van der Waals surface area contributed by atoms with E-state index in [0.29, 0.717) is 13.1 Å². The van der Waals surface area contributed by atoms with E-state index in [1.54, 1.807) is 6.92 Å². The second kappa shape index (κ2) is 4.62. The molecule has 0 aliphatic carbocycles. The highest BCUT2D eigenvalue weighted by molar-refractivity contribution is 4.79. The molecule has 0 saturated heterocycles. The Bertz CT molecular complexity index is 85.1. The number of nitrogens with one attached hydrogen (secondary N) is 1.